The van der Waals surface area contributed by atoms with E-state index in [0.29, 0.717) is 12.2 Å². The maximum Gasteiger partial charge on any atom is 0.164 e. The predicted octanol–water partition coefficient (Wildman–Crippen LogP) is 2.77. The minimum atomic E-state index is -0.776. The van der Waals surface area contributed by atoms with Crippen molar-refractivity contribution in [1.29, 1.82) is 0 Å². The number of fused-ring (bicyclic) bond motifs is 1. The van der Waals surface area contributed by atoms with Crippen molar-refractivity contribution in [3.8, 4) is 5.75 Å². The minimum absolute atomic E-state index is 0.0518. The van der Waals surface area contributed by atoms with Crippen molar-refractivity contribution in [1.82, 2.24) is 0 Å². The van der Waals surface area contributed by atoms with Crippen LogP contribution < -0.4 is 4.74 Å². The van der Waals surface area contributed by atoms with Crippen molar-refractivity contribution in [2.75, 3.05) is 12.4 Å². The molecule has 2 aliphatic heterocycles. The Morgan fingerprint density at radius 2 is 1.85 bits per heavy atom. The first kappa shape index (κ1) is 20.0. The predicted molar refractivity (Wildman–Crippen MR) is 103 cm³/mol. The summed E-state index contributed by atoms with van der Waals surface area (Å²) >= 11 is 1.58. The van der Waals surface area contributed by atoms with Crippen LogP contribution in [0.25, 0.3) is 0 Å². The molecule has 26 heavy (non-hydrogen) atoms. The lowest BCUT2D eigenvalue weighted by atomic mass is 9.98. The van der Waals surface area contributed by atoms with E-state index in [1.165, 1.54) is 0 Å². The molecule has 2 aliphatic rings. The first-order valence-electron chi connectivity index (χ1n) is 9.45. The van der Waals surface area contributed by atoms with Crippen molar-refractivity contribution in [2.45, 2.75) is 75.5 Å². The zero-order chi connectivity index (χ0) is 18.7. The molecule has 5 atom stereocenters. The van der Waals surface area contributed by atoms with Gasteiger partial charge in [0.05, 0.1) is 18.8 Å². The Labute approximate surface area is 160 Å². The van der Waals surface area contributed by atoms with Gasteiger partial charge in [0.2, 0.25) is 0 Å². The van der Waals surface area contributed by atoms with Gasteiger partial charge in [0, 0.05) is 11.0 Å². The Morgan fingerprint density at radius 1 is 1.15 bits per heavy atom. The summed E-state index contributed by atoms with van der Waals surface area (Å²) in [5.41, 5.74) is 1.13. The van der Waals surface area contributed by atoms with Crippen LogP contribution in [0, 0.1) is 0 Å². The van der Waals surface area contributed by atoms with Gasteiger partial charge >= 0.3 is 0 Å². The topological polar surface area (TPSA) is 68.2 Å². The standard InChI is InChI=1S/C20H30O5S/c1-4-5-10-23-14-8-6-13(7-9-14)11-16-17(22)19-18(15(21)12-26-16)24-20(2,3)25-19/h6-9,15-19,21-22H,4-5,10-12H2,1-3H3/t15-,16+,17-,18-,19-/m0/s1. The van der Waals surface area contributed by atoms with E-state index >= 15 is 0 Å². The van der Waals surface area contributed by atoms with Crippen LogP contribution in [0.2, 0.25) is 0 Å². The molecular weight excluding hydrogens is 352 g/mol. The Hall–Kier alpha value is -0.790. The molecule has 0 spiro atoms. The fourth-order valence-corrected chi connectivity index (χ4v) is 4.77. The number of benzene rings is 1. The number of rotatable bonds is 6. The molecule has 0 aliphatic carbocycles. The van der Waals surface area contributed by atoms with E-state index in [0.717, 1.165) is 30.8 Å². The number of aliphatic hydroxyl groups excluding tert-OH is 2. The Kier molecular flexibility index (Phi) is 6.51. The van der Waals surface area contributed by atoms with Gasteiger partial charge in [-0.3, -0.25) is 0 Å². The van der Waals surface area contributed by atoms with Crippen LogP contribution in [0.4, 0.5) is 0 Å². The second-order valence-corrected chi connectivity index (χ2v) is 8.82. The van der Waals surface area contributed by atoms with Gasteiger partial charge in [0.15, 0.2) is 5.79 Å². The highest BCUT2D eigenvalue weighted by molar-refractivity contribution is 8.00. The second kappa shape index (κ2) is 8.48. The quantitative estimate of drug-likeness (QED) is 0.738. The molecule has 2 fully saturated rings. The lowest BCUT2D eigenvalue weighted by Gasteiger charge is -2.26. The molecule has 146 valence electrons. The van der Waals surface area contributed by atoms with Crippen molar-refractivity contribution < 1.29 is 24.4 Å². The SMILES string of the molecule is CCCCOc1ccc(C[C@H]2SC[C@H](O)[C@@H]3OC(C)(C)O[C@H]3[C@H]2O)cc1. The summed E-state index contributed by atoms with van der Waals surface area (Å²) in [5, 5.41) is 21.2. The molecule has 2 N–H and O–H groups in total. The van der Waals surface area contributed by atoms with E-state index in [4.69, 9.17) is 14.2 Å². The third kappa shape index (κ3) is 4.73. The minimum Gasteiger partial charge on any atom is -0.494 e. The molecule has 0 bridgehead atoms. The molecule has 6 heteroatoms. The molecule has 1 aromatic rings. The van der Waals surface area contributed by atoms with Gasteiger partial charge in [0.25, 0.3) is 0 Å². The Balaban J connectivity index is 1.64. The first-order chi connectivity index (χ1) is 12.4. The van der Waals surface area contributed by atoms with Crippen LogP contribution in [0.3, 0.4) is 0 Å². The number of unbranched alkanes of at least 4 members (excludes halogenated alkanes) is 1. The molecule has 2 heterocycles. The molecule has 0 amide bonds. The summed E-state index contributed by atoms with van der Waals surface area (Å²) in [4.78, 5) is 0. The molecule has 0 saturated carbocycles. The van der Waals surface area contributed by atoms with Crippen LogP contribution in [0.5, 0.6) is 5.75 Å². The van der Waals surface area contributed by atoms with Crippen LogP contribution >= 0.6 is 11.8 Å². The highest BCUT2D eigenvalue weighted by Crippen LogP contribution is 2.39. The fourth-order valence-electron chi connectivity index (χ4n) is 3.47. The maximum atomic E-state index is 10.9. The number of hydrogen-bond acceptors (Lipinski definition) is 6. The van der Waals surface area contributed by atoms with Gasteiger partial charge in [-0.25, -0.2) is 0 Å². The third-order valence-electron chi connectivity index (χ3n) is 4.87. The molecule has 1 aromatic carbocycles. The van der Waals surface area contributed by atoms with Crippen LogP contribution in [0.1, 0.15) is 39.2 Å². The zero-order valence-corrected chi connectivity index (χ0v) is 16.6. The summed E-state index contributed by atoms with van der Waals surface area (Å²) in [6, 6.07) is 8.05. The maximum absolute atomic E-state index is 10.9. The van der Waals surface area contributed by atoms with Gasteiger partial charge < -0.3 is 24.4 Å². The zero-order valence-electron chi connectivity index (χ0n) is 15.8. The van der Waals surface area contributed by atoms with Gasteiger partial charge in [-0.15, -0.1) is 0 Å². The average molecular weight is 383 g/mol. The average Bonchev–Trinajstić information content (AvgIpc) is 2.90. The lowest BCUT2D eigenvalue weighted by Crippen LogP contribution is -2.44. The van der Waals surface area contributed by atoms with Crippen LogP contribution in [0.15, 0.2) is 24.3 Å². The number of ether oxygens (including phenoxy) is 3. The highest BCUT2D eigenvalue weighted by Gasteiger charge is 2.51. The summed E-state index contributed by atoms with van der Waals surface area (Å²) in [6.45, 7) is 6.52. The molecule has 5 nitrogen and oxygen atoms in total. The van der Waals surface area contributed by atoms with E-state index in [9.17, 15) is 10.2 Å². The van der Waals surface area contributed by atoms with Gasteiger partial charge in [-0.1, -0.05) is 25.5 Å². The fraction of sp³-hybridized carbons (Fsp3) is 0.700. The second-order valence-electron chi connectivity index (χ2n) is 7.54. The summed E-state index contributed by atoms with van der Waals surface area (Å²) in [5.74, 6) is 0.628. The van der Waals surface area contributed by atoms with Crippen molar-refractivity contribution in [2.24, 2.45) is 0 Å². The first-order valence-corrected chi connectivity index (χ1v) is 10.5. The summed E-state index contributed by atoms with van der Waals surface area (Å²) < 4.78 is 17.4. The lowest BCUT2D eigenvalue weighted by molar-refractivity contribution is -0.160. The Morgan fingerprint density at radius 3 is 2.54 bits per heavy atom. The van der Waals surface area contributed by atoms with E-state index in [1.54, 1.807) is 11.8 Å². The third-order valence-corrected chi connectivity index (χ3v) is 6.28. The molecule has 2 saturated heterocycles. The smallest absolute Gasteiger partial charge is 0.164 e. The molecule has 0 radical (unpaired) electrons. The van der Waals surface area contributed by atoms with Gasteiger partial charge in [-0.05, 0) is 44.4 Å². The number of thioether (sulfide) groups is 1. The van der Waals surface area contributed by atoms with Crippen molar-refractivity contribution in [3.05, 3.63) is 29.8 Å². The monoisotopic (exact) mass is 382 g/mol. The highest BCUT2D eigenvalue weighted by atomic mass is 32.2. The van der Waals surface area contributed by atoms with E-state index in [2.05, 4.69) is 6.92 Å². The van der Waals surface area contributed by atoms with Gasteiger partial charge in [-0.2, -0.15) is 11.8 Å². The summed E-state index contributed by atoms with van der Waals surface area (Å²) in [7, 11) is 0. The van der Waals surface area contributed by atoms with E-state index in [1.807, 2.05) is 38.1 Å². The van der Waals surface area contributed by atoms with E-state index < -0.39 is 30.2 Å². The van der Waals surface area contributed by atoms with E-state index in [-0.39, 0.29) is 5.25 Å². The largest absolute Gasteiger partial charge is 0.494 e. The summed E-state index contributed by atoms with van der Waals surface area (Å²) in [6.07, 6.45) is 0.566. The van der Waals surface area contributed by atoms with Crippen molar-refractivity contribution >= 4 is 11.8 Å². The molecule has 0 unspecified atom stereocenters. The number of aliphatic hydroxyl groups is 2. The molecule has 0 aromatic heterocycles. The normalized spacial score (nSPS) is 33.5. The Bertz CT molecular complexity index is 576. The van der Waals surface area contributed by atoms with Gasteiger partial charge in [0.1, 0.15) is 18.0 Å². The van der Waals surface area contributed by atoms with Crippen LogP contribution in [-0.2, 0) is 15.9 Å². The van der Waals surface area contributed by atoms with Crippen molar-refractivity contribution in [3.63, 3.8) is 0 Å². The number of hydrogen-bond donors (Lipinski definition) is 2. The molecular formula is C20H30O5S. The van der Waals surface area contributed by atoms with Crippen LogP contribution in [-0.4, -0.2) is 58.0 Å². The molecule has 3 rings (SSSR count).